The van der Waals surface area contributed by atoms with Crippen molar-refractivity contribution in [2.24, 2.45) is 0 Å². The lowest BCUT2D eigenvalue weighted by molar-refractivity contribution is -0.384. The van der Waals surface area contributed by atoms with E-state index in [-0.39, 0.29) is 10.8 Å². The summed E-state index contributed by atoms with van der Waals surface area (Å²) in [6.45, 7) is 3.71. The number of pyridine rings is 1. The van der Waals surface area contributed by atoms with Crippen molar-refractivity contribution in [1.82, 2.24) is 9.88 Å². The summed E-state index contributed by atoms with van der Waals surface area (Å²) in [7, 11) is 0. The van der Waals surface area contributed by atoms with E-state index >= 15 is 0 Å². The number of halogens is 1. The molecule has 7 heteroatoms. The lowest BCUT2D eigenvalue weighted by Crippen LogP contribution is -2.29. The van der Waals surface area contributed by atoms with Crippen LogP contribution in [-0.4, -0.2) is 27.9 Å². The van der Waals surface area contributed by atoms with Crippen molar-refractivity contribution >= 4 is 33.9 Å². The van der Waals surface area contributed by atoms with Gasteiger partial charge in [0.2, 0.25) is 5.15 Å². The third-order valence-electron chi connectivity index (χ3n) is 5.32. The Balaban J connectivity index is 1.57. The van der Waals surface area contributed by atoms with Crippen LogP contribution in [0.1, 0.15) is 30.4 Å². The first-order chi connectivity index (χ1) is 14.1. The van der Waals surface area contributed by atoms with E-state index in [9.17, 15) is 10.1 Å². The number of nitrogens with one attached hydrogen (secondary N) is 1. The highest BCUT2D eigenvalue weighted by Gasteiger charge is 2.23. The monoisotopic (exact) mass is 410 g/mol. The average Bonchev–Trinajstić information content (AvgIpc) is 2.72. The van der Waals surface area contributed by atoms with Crippen molar-refractivity contribution in [2.75, 3.05) is 18.4 Å². The number of aromatic nitrogens is 1. The van der Waals surface area contributed by atoms with Crippen LogP contribution in [0.3, 0.4) is 0 Å². The third-order valence-corrected chi connectivity index (χ3v) is 5.59. The molecule has 29 heavy (non-hydrogen) atoms. The first kappa shape index (κ1) is 19.6. The lowest BCUT2D eigenvalue weighted by atomic mass is 10.1. The van der Waals surface area contributed by atoms with Gasteiger partial charge >= 0.3 is 5.69 Å². The van der Waals surface area contributed by atoms with Crippen LogP contribution in [0.25, 0.3) is 10.9 Å². The minimum Gasteiger partial charge on any atom is -0.375 e. The number of benzene rings is 2. The summed E-state index contributed by atoms with van der Waals surface area (Å²) in [5.41, 5.74) is 3.19. The van der Waals surface area contributed by atoms with E-state index in [1.54, 1.807) is 6.07 Å². The molecule has 3 aromatic rings. The maximum Gasteiger partial charge on any atom is 0.329 e. The van der Waals surface area contributed by atoms with E-state index in [4.69, 9.17) is 11.6 Å². The molecule has 1 aliphatic heterocycles. The predicted molar refractivity (Wildman–Crippen MR) is 116 cm³/mol. The number of likely N-dealkylation sites (tertiary alicyclic amines) is 1. The van der Waals surface area contributed by atoms with Crippen LogP contribution in [0.2, 0.25) is 5.15 Å². The number of nitro groups is 1. The Morgan fingerprint density at radius 3 is 2.62 bits per heavy atom. The van der Waals surface area contributed by atoms with Crippen molar-refractivity contribution in [3.05, 3.63) is 74.9 Å². The SMILES string of the molecule is O=[N+]([O-])c1c(Cl)nc2ccccc2c1NCc1cccc(CN2CCCCC2)c1. The van der Waals surface area contributed by atoms with E-state index < -0.39 is 4.92 Å². The zero-order valence-electron chi connectivity index (χ0n) is 16.1. The average molecular weight is 411 g/mol. The van der Waals surface area contributed by atoms with Crippen molar-refractivity contribution in [1.29, 1.82) is 0 Å². The molecular formula is C22H23ClN4O2. The molecular weight excluding hydrogens is 388 g/mol. The van der Waals surface area contributed by atoms with Gasteiger partial charge in [-0.25, -0.2) is 4.98 Å². The molecule has 6 nitrogen and oxygen atoms in total. The Hall–Kier alpha value is -2.70. The molecule has 0 saturated carbocycles. The van der Waals surface area contributed by atoms with E-state index in [0.717, 1.165) is 25.2 Å². The molecule has 1 saturated heterocycles. The molecule has 1 fully saturated rings. The fraction of sp³-hybridized carbons (Fsp3) is 0.318. The van der Waals surface area contributed by atoms with Crippen molar-refractivity contribution in [3.63, 3.8) is 0 Å². The van der Waals surface area contributed by atoms with Gasteiger partial charge in [0.05, 0.1) is 10.4 Å². The second kappa shape index (κ2) is 8.76. The topological polar surface area (TPSA) is 71.3 Å². The molecule has 0 spiro atoms. The van der Waals surface area contributed by atoms with Gasteiger partial charge in [-0.2, -0.15) is 0 Å². The first-order valence-electron chi connectivity index (χ1n) is 9.88. The first-order valence-corrected chi connectivity index (χ1v) is 10.3. The number of hydrogen-bond acceptors (Lipinski definition) is 5. The summed E-state index contributed by atoms with van der Waals surface area (Å²) >= 11 is 6.12. The fourth-order valence-corrected chi connectivity index (χ4v) is 4.18. The standard InChI is InChI=1S/C22H23ClN4O2/c23-22-21(27(28)29)20(18-9-2-3-10-19(18)25-22)24-14-16-7-6-8-17(13-16)15-26-11-4-1-5-12-26/h2-3,6-10,13H,1,4-5,11-12,14-15H2,(H,24,25). The largest absolute Gasteiger partial charge is 0.375 e. The number of para-hydroxylation sites is 1. The molecule has 1 aromatic heterocycles. The van der Waals surface area contributed by atoms with Gasteiger partial charge in [-0.15, -0.1) is 0 Å². The highest BCUT2D eigenvalue weighted by atomic mass is 35.5. The Labute approximate surface area is 174 Å². The van der Waals surface area contributed by atoms with E-state index in [0.29, 0.717) is 23.1 Å². The number of hydrogen-bond donors (Lipinski definition) is 1. The quantitative estimate of drug-likeness (QED) is 0.335. The molecule has 1 N–H and O–H groups in total. The number of anilines is 1. The molecule has 2 heterocycles. The predicted octanol–water partition coefficient (Wildman–Crippen LogP) is 5.39. The summed E-state index contributed by atoms with van der Waals surface area (Å²) in [5, 5.41) is 15.4. The van der Waals surface area contributed by atoms with Crippen molar-refractivity contribution < 1.29 is 4.92 Å². The summed E-state index contributed by atoms with van der Waals surface area (Å²) in [6.07, 6.45) is 3.85. The smallest absolute Gasteiger partial charge is 0.329 e. The molecule has 0 aliphatic carbocycles. The van der Waals surface area contributed by atoms with Gasteiger partial charge < -0.3 is 5.32 Å². The van der Waals surface area contributed by atoms with E-state index in [2.05, 4.69) is 27.3 Å². The van der Waals surface area contributed by atoms with Crippen LogP contribution in [0.5, 0.6) is 0 Å². The number of piperidine rings is 1. The molecule has 2 aromatic carbocycles. The van der Waals surface area contributed by atoms with E-state index in [1.807, 2.05) is 30.3 Å². The molecule has 1 aliphatic rings. The van der Waals surface area contributed by atoms with Crippen molar-refractivity contribution in [3.8, 4) is 0 Å². The highest BCUT2D eigenvalue weighted by molar-refractivity contribution is 6.33. The zero-order chi connectivity index (χ0) is 20.2. The molecule has 0 bridgehead atoms. The van der Waals surface area contributed by atoms with Crippen LogP contribution in [-0.2, 0) is 13.1 Å². The van der Waals surface area contributed by atoms with Gasteiger partial charge in [0, 0.05) is 18.5 Å². The van der Waals surface area contributed by atoms with Crippen LogP contribution in [0.15, 0.2) is 48.5 Å². The summed E-state index contributed by atoms with van der Waals surface area (Å²) in [5.74, 6) is 0. The zero-order valence-corrected chi connectivity index (χ0v) is 16.9. The van der Waals surface area contributed by atoms with Crippen LogP contribution in [0, 0.1) is 10.1 Å². The van der Waals surface area contributed by atoms with Crippen molar-refractivity contribution in [2.45, 2.75) is 32.4 Å². The Morgan fingerprint density at radius 2 is 1.83 bits per heavy atom. The van der Waals surface area contributed by atoms with Gasteiger partial charge in [0.15, 0.2) is 0 Å². The maximum absolute atomic E-state index is 11.6. The van der Waals surface area contributed by atoms with Gasteiger partial charge in [0.1, 0.15) is 5.69 Å². The maximum atomic E-state index is 11.6. The number of fused-ring (bicyclic) bond motifs is 1. The lowest BCUT2D eigenvalue weighted by Gasteiger charge is -2.26. The normalized spacial score (nSPS) is 14.8. The molecule has 150 valence electrons. The van der Waals surface area contributed by atoms with Crippen LogP contribution >= 0.6 is 11.6 Å². The second-order valence-corrected chi connectivity index (χ2v) is 7.77. The summed E-state index contributed by atoms with van der Waals surface area (Å²) in [6, 6.07) is 15.7. The summed E-state index contributed by atoms with van der Waals surface area (Å²) in [4.78, 5) is 17.8. The van der Waals surface area contributed by atoms with Gasteiger partial charge in [-0.1, -0.05) is 60.5 Å². The van der Waals surface area contributed by atoms with E-state index in [1.165, 1.54) is 24.8 Å². The molecule has 0 radical (unpaired) electrons. The van der Waals surface area contributed by atoms with Gasteiger partial charge in [-0.05, 0) is 43.1 Å². The fourth-order valence-electron chi connectivity index (χ4n) is 3.92. The summed E-state index contributed by atoms with van der Waals surface area (Å²) < 4.78 is 0. The van der Waals surface area contributed by atoms with Gasteiger partial charge in [0.25, 0.3) is 0 Å². The minimum absolute atomic E-state index is 0.102. The molecule has 0 unspecified atom stereocenters. The Kier molecular flexibility index (Phi) is 5.92. The number of rotatable bonds is 6. The van der Waals surface area contributed by atoms with Crippen LogP contribution in [0.4, 0.5) is 11.4 Å². The Bertz CT molecular complexity index is 1030. The minimum atomic E-state index is -0.475. The number of nitrogens with zero attached hydrogens (tertiary/aromatic N) is 3. The van der Waals surface area contributed by atoms with Gasteiger partial charge in [-0.3, -0.25) is 15.0 Å². The second-order valence-electron chi connectivity index (χ2n) is 7.41. The molecule has 0 amide bonds. The third kappa shape index (κ3) is 4.49. The molecule has 4 rings (SSSR count). The Morgan fingerprint density at radius 1 is 1.07 bits per heavy atom. The molecule has 0 atom stereocenters. The van der Waals surface area contributed by atoms with Crippen LogP contribution < -0.4 is 5.32 Å². The highest BCUT2D eigenvalue weighted by Crippen LogP contribution is 2.37.